The third-order valence-electron chi connectivity index (χ3n) is 5.02. The highest BCUT2D eigenvalue weighted by Gasteiger charge is 2.46. The van der Waals surface area contributed by atoms with Gasteiger partial charge < -0.3 is 14.2 Å². The van der Waals surface area contributed by atoms with E-state index >= 15 is 0 Å². The van der Waals surface area contributed by atoms with E-state index in [0.29, 0.717) is 28.7 Å². The van der Waals surface area contributed by atoms with Crippen LogP contribution in [0.1, 0.15) is 42.6 Å². The Balaban J connectivity index is 1.93. The quantitative estimate of drug-likeness (QED) is 0.267. The molecule has 2 aromatic carbocycles. The summed E-state index contributed by atoms with van der Waals surface area (Å²) in [4.78, 5) is 24.8. The topological polar surface area (TPSA) is 77.4 Å². The first-order valence-corrected chi connectivity index (χ1v) is 11.0. The van der Waals surface area contributed by atoms with Crippen molar-refractivity contribution in [1.82, 2.24) is 0 Å². The van der Waals surface area contributed by atoms with Gasteiger partial charge in [-0.2, -0.15) is 23.3 Å². The summed E-state index contributed by atoms with van der Waals surface area (Å²) in [6.07, 6.45) is -1.98. The fourth-order valence-electron chi connectivity index (χ4n) is 3.27. The molecule has 2 aromatic rings. The summed E-state index contributed by atoms with van der Waals surface area (Å²) in [7, 11) is 1.42. The van der Waals surface area contributed by atoms with Crippen LogP contribution in [0.5, 0.6) is 11.5 Å². The fourth-order valence-corrected chi connectivity index (χ4v) is 3.27. The first kappa shape index (κ1) is 25.8. The number of alkyl halides is 3. The number of nitrogens with zero attached hydrogens (tertiary/aromatic N) is 2. The Morgan fingerprint density at radius 3 is 2.40 bits per heavy atom. The zero-order valence-corrected chi connectivity index (χ0v) is 19.5. The molecule has 186 valence electrons. The SMILES string of the molecule is CCCCOc1ccc(C=C2C(=O)N(c3ccc(C(=O)OCC)cc3)N=C2C(F)(F)F)cc1OC. The number of anilines is 1. The molecule has 0 radical (unpaired) electrons. The molecule has 1 heterocycles. The summed E-state index contributed by atoms with van der Waals surface area (Å²) in [5.74, 6) is -0.752. The lowest BCUT2D eigenvalue weighted by molar-refractivity contribution is -0.114. The fraction of sp³-hybridized carbons (Fsp3) is 0.320. The van der Waals surface area contributed by atoms with E-state index < -0.39 is 29.3 Å². The summed E-state index contributed by atoms with van der Waals surface area (Å²) >= 11 is 0. The number of amides is 1. The Kier molecular flexibility index (Phi) is 8.16. The Morgan fingerprint density at radius 1 is 1.09 bits per heavy atom. The van der Waals surface area contributed by atoms with Gasteiger partial charge in [0.1, 0.15) is 0 Å². The van der Waals surface area contributed by atoms with Crippen LogP contribution in [0.15, 0.2) is 53.1 Å². The maximum absolute atomic E-state index is 13.8. The molecular weight excluding hydrogens is 465 g/mol. The second-order valence-corrected chi connectivity index (χ2v) is 7.50. The second-order valence-electron chi connectivity index (χ2n) is 7.50. The van der Waals surface area contributed by atoms with Crippen LogP contribution in [0.4, 0.5) is 18.9 Å². The maximum Gasteiger partial charge on any atom is 0.435 e. The van der Waals surface area contributed by atoms with Crippen LogP contribution < -0.4 is 14.5 Å². The number of ether oxygens (including phenoxy) is 3. The number of rotatable bonds is 9. The Hall–Kier alpha value is -3.82. The predicted molar refractivity (Wildman–Crippen MR) is 125 cm³/mol. The number of halogens is 3. The molecule has 1 amide bonds. The molecule has 10 heteroatoms. The molecule has 1 aliphatic rings. The van der Waals surface area contributed by atoms with Crippen molar-refractivity contribution in [3.63, 3.8) is 0 Å². The van der Waals surface area contributed by atoms with Crippen molar-refractivity contribution in [2.24, 2.45) is 5.10 Å². The van der Waals surface area contributed by atoms with Gasteiger partial charge in [-0.25, -0.2) is 4.79 Å². The maximum atomic E-state index is 13.8. The molecule has 0 saturated heterocycles. The number of hydrazone groups is 1. The average molecular weight is 490 g/mol. The van der Waals surface area contributed by atoms with Gasteiger partial charge in [-0.05, 0) is 61.4 Å². The number of esters is 1. The molecule has 0 unspecified atom stereocenters. The summed E-state index contributed by atoms with van der Waals surface area (Å²) in [6, 6.07) is 9.98. The van der Waals surface area contributed by atoms with E-state index in [0.717, 1.165) is 18.9 Å². The summed E-state index contributed by atoms with van der Waals surface area (Å²) in [5.41, 5.74) is -1.35. The highest BCUT2D eigenvalue weighted by molar-refractivity contribution is 6.34. The Bertz CT molecular complexity index is 1140. The molecule has 0 bridgehead atoms. The van der Waals surface area contributed by atoms with Crippen LogP contribution >= 0.6 is 0 Å². The van der Waals surface area contributed by atoms with E-state index in [4.69, 9.17) is 14.2 Å². The molecule has 0 fully saturated rings. The van der Waals surface area contributed by atoms with Gasteiger partial charge in [-0.1, -0.05) is 19.4 Å². The van der Waals surface area contributed by atoms with Crippen LogP contribution in [-0.4, -0.2) is 44.1 Å². The van der Waals surface area contributed by atoms with E-state index in [1.165, 1.54) is 43.5 Å². The third kappa shape index (κ3) is 6.00. The Labute approximate surface area is 200 Å². The molecule has 0 N–H and O–H groups in total. The van der Waals surface area contributed by atoms with Crippen LogP contribution in [-0.2, 0) is 9.53 Å². The van der Waals surface area contributed by atoms with Crippen molar-refractivity contribution in [3.05, 3.63) is 59.2 Å². The molecule has 1 aliphatic heterocycles. The summed E-state index contributed by atoms with van der Waals surface area (Å²) in [6.45, 7) is 4.32. The number of carbonyl (C=O) groups is 2. The van der Waals surface area contributed by atoms with Gasteiger partial charge in [0.25, 0.3) is 5.91 Å². The van der Waals surface area contributed by atoms with Crippen LogP contribution in [0.2, 0.25) is 0 Å². The van der Waals surface area contributed by atoms with Gasteiger partial charge >= 0.3 is 12.1 Å². The lowest BCUT2D eigenvalue weighted by atomic mass is 10.1. The van der Waals surface area contributed by atoms with E-state index in [2.05, 4.69) is 5.10 Å². The Morgan fingerprint density at radius 2 is 1.80 bits per heavy atom. The minimum absolute atomic E-state index is 0.0745. The first-order chi connectivity index (χ1) is 16.7. The van der Waals surface area contributed by atoms with Gasteiger partial charge in [-0.15, -0.1) is 0 Å². The van der Waals surface area contributed by atoms with Crippen molar-refractivity contribution in [2.75, 3.05) is 25.3 Å². The zero-order valence-electron chi connectivity index (χ0n) is 19.5. The van der Waals surface area contributed by atoms with Crippen molar-refractivity contribution < 1.29 is 37.0 Å². The molecule has 0 saturated carbocycles. The van der Waals surface area contributed by atoms with E-state index in [1.807, 2.05) is 6.92 Å². The van der Waals surface area contributed by atoms with Gasteiger partial charge in [-0.3, -0.25) is 4.79 Å². The van der Waals surface area contributed by atoms with Crippen molar-refractivity contribution >= 4 is 29.4 Å². The molecule has 7 nitrogen and oxygen atoms in total. The van der Waals surface area contributed by atoms with Gasteiger partial charge in [0, 0.05) is 0 Å². The summed E-state index contributed by atoms with van der Waals surface area (Å²) < 4.78 is 57.1. The standard InChI is InChI=1S/C25H25F3N2O5/c1-4-6-13-35-20-12-7-16(15-21(20)33-3)14-19-22(25(26,27)28)29-30(23(19)31)18-10-8-17(9-11-18)24(32)34-5-2/h7-12,14-15H,4-6,13H2,1-3H3. The molecule has 3 rings (SSSR count). The van der Waals surface area contributed by atoms with E-state index in [1.54, 1.807) is 13.0 Å². The average Bonchev–Trinajstić information content (AvgIpc) is 3.16. The van der Waals surface area contributed by atoms with Gasteiger partial charge in [0.05, 0.1) is 37.1 Å². The first-order valence-electron chi connectivity index (χ1n) is 11.0. The number of benzene rings is 2. The highest BCUT2D eigenvalue weighted by atomic mass is 19.4. The predicted octanol–water partition coefficient (Wildman–Crippen LogP) is 5.40. The third-order valence-corrected chi connectivity index (χ3v) is 5.02. The van der Waals surface area contributed by atoms with Crippen LogP contribution in [0.3, 0.4) is 0 Å². The van der Waals surface area contributed by atoms with E-state index in [-0.39, 0.29) is 17.9 Å². The molecule has 0 spiro atoms. The molecule has 0 aliphatic carbocycles. The molecule has 0 aromatic heterocycles. The highest BCUT2D eigenvalue weighted by Crippen LogP contribution is 2.34. The number of unbranched alkanes of at least 4 members (excludes halogenated alkanes) is 1. The minimum Gasteiger partial charge on any atom is -0.493 e. The van der Waals surface area contributed by atoms with Crippen molar-refractivity contribution in [2.45, 2.75) is 32.9 Å². The molecule has 35 heavy (non-hydrogen) atoms. The molecule has 0 atom stereocenters. The summed E-state index contributed by atoms with van der Waals surface area (Å²) in [5, 5.41) is 4.20. The van der Waals surface area contributed by atoms with E-state index in [9.17, 15) is 22.8 Å². The lowest BCUT2D eigenvalue weighted by Crippen LogP contribution is -2.25. The molecular formula is C25H25F3N2O5. The smallest absolute Gasteiger partial charge is 0.435 e. The number of hydrogen-bond acceptors (Lipinski definition) is 6. The number of methoxy groups -OCH3 is 1. The van der Waals surface area contributed by atoms with Gasteiger partial charge in [0.2, 0.25) is 0 Å². The monoisotopic (exact) mass is 490 g/mol. The normalized spacial score (nSPS) is 14.8. The van der Waals surface area contributed by atoms with Crippen LogP contribution in [0.25, 0.3) is 6.08 Å². The minimum atomic E-state index is -4.87. The lowest BCUT2D eigenvalue weighted by Gasteiger charge is -2.12. The zero-order chi connectivity index (χ0) is 25.6. The van der Waals surface area contributed by atoms with Crippen molar-refractivity contribution in [3.8, 4) is 11.5 Å². The van der Waals surface area contributed by atoms with Crippen molar-refractivity contribution in [1.29, 1.82) is 0 Å². The number of hydrogen-bond donors (Lipinski definition) is 0. The van der Waals surface area contributed by atoms with Crippen LogP contribution in [0, 0.1) is 0 Å². The second kappa shape index (κ2) is 11.1. The number of carbonyl (C=O) groups excluding carboxylic acids is 2. The van der Waals surface area contributed by atoms with Gasteiger partial charge in [0.15, 0.2) is 17.2 Å². The largest absolute Gasteiger partial charge is 0.493 e.